The van der Waals surface area contributed by atoms with Crippen LogP contribution in [-0.2, 0) is 0 Å². The Hall–Kier alpha value is 0.180. The summed E-state index contributed by atoms with van der Waals surface area (Å²) in [6.45, 7) is 0. The molecule has 62 valence electrons. The molecule has 1 heterocycles. The first kappa shape index (κ1) is 12.2. The van der Waals surface area contributed by atoms with Crippen LogP contribution >= 0.6 is 24.0 Å². The van der Waals surface area contributed by atoms with Crippen molar-refractivity contribution in [3.63, 3.8) is 0 Å². The van der Waals surface area contributed by atoms with Crippen molar-refractivity contribution < 1.29 is 4.79 Å². The van der Waals surface area contributed by atoms with Crippen molar-refractivity contribution in [3.8, 4) is 0 Å². The van der Waals surface area contributed by atoms with E-state index in [1.54, 1.807) is 0 Å². The van der Waals surface area contributed by atoms with Gasteiger partial charge in [0.05, 0.1) is 0 Å². The molecule has 0 atom stereocenters. The van der Waals surface area contributed by atoms with Crippen LogP contribution in [0, 0.1) is 0 Å². The molecule has 1 aromatic heterocycles. The minimum atomic E-state index is -0.311. The maximum absolute atomic E-state index is 10.7. The number of anilines is 1. The summed E-state index contributed by atoms with van der Waals surface area (Å²) in [7, 11) is 1.53. The van der Waals surface area contributed by atoms with Gasteiger partial charge in [-0.3, -0.25) is 5.32 Å². The molecule has 12 heavy (non-hydrogen) atoms. The Kier molecular flexibility index (Phi) is 5.85. The summed E-state index contributed by atoms with van der Waals surface area (Å²) in [5.74, 6) is 0. The quantitative estimate of drug-likeness (QED) is 0.348. The monoisotopic (exact) mass is 214 g/mol. The fourth-order valence-electron chi connectivity index (χ4n) is 0.426. The van der Waals surface area contributed by atoms with Gasteiger partial charge in [-0.05, 0) is 0 Å². The van der Waals surface area contributed by atoms with Crippen LogP contribution in [0.25, 0.3) is 0 Å². The zero-order valence-electron chi connectivity index (χ0n) is 5.66. The van der Waals surface area contributed by atoms with Gasteiger partial charge in [0, 0.05) is 7.05 Å². The Balaban J connectivity index is 0.00000121. The molecule has 0 aromatic carbocycles. The number of carbonyl (C=O) groups excluding carboxylic acids is 1. The molecule has 0 radical (unpaired) electrons. The van der Waals surface area contributed by atoms with Gasteiger partial charge in [0.15, 0.2) is 4.34 Å². The third-order valence-corrected chi connectivity index (χ3v) is 1.87. The van der Waals surface area contributed by atoms with Crippen molar-refractivity contribution >= 4 is 64.7 Å². The summed E-state index contributed by atoms with van der Waals surface area (Å²) in [4.78, 5) is 10.7. The van der Waals surface area contributed by atoms with Crippen LogP contribution in [0.15, 0.2) is 4.34 Å². The molecule has 8 heteroatoms. The van der Waals surface area contributed by atoms with Crippen molar-refractivity contribution in [1.82, 2.24) is 15.5 Å². The van der Waals surface area contributed by atoms with Crippen LogP contribution in [0.1, 0.15) is 0 Å². The fraction of sp³-hybridized carbons (Fsp3) is 0.250. The van der Waals surface area contributed by atoms with Crippen molar-refractivity contribution in [2.75, 3.05) is 12.4 Å². The number of aromatic nitrogens is 2. The van der Waals surface area contributed by atoms with E-state index in [-0.39, 0.29) is 35.6 Å². The van der Waals surface area contributed by atoms with Crippen molar-refractivity contribution in [2.45, 2.75) is 4.34 Å². The molecule has 2 amide bonds. The van der Waals surface area contributed by atoms with E-state index >= 15 is 0 Å². The van der Waals surface area contributed by atoms with Gasteiger partial charge < -0.3 is 5.32 Å². The summed E-state index contributed by atoms with van der Waals surface area (Å²) in [5.41, 5.74) is 0. The summed E-state index contributed by atoms with van der Waals surface area (Å²) in [6, 6.07) is -0.311. The molecule has 0 saturated carbocycles. The number of amides is 2. The van der Waals surface area contributed by atoms with Gasteiger partial charge in [0.25, 0.3) is 0 Å². The van der Waals surface area contributed by atoms with Gasteiger partial charge in [0.1, 0.15) is 0 Å². The SMILES string of the molecule is CNC(=O)Nc1nnc(S)s1.[NaH]. The first-order valence-corrected chi connectivity index (χ1v) is 4.00. The average molecular weight is 214 g/mol. The van der Waals surface area contributed by atoms with Gasteiger partial charge in [-0.2, -0.15) is 0 Å². The maximum atomic E-state index is 10.7. The van der Waals surface area contributed by atoms with E-state index in [2.05, 4.69) is 33.5 Å². The third kappa shape index (κ3) is 3.72. The van der Waals surface area contributed by atoms with Crippen LogP contribution in [-0.4, -0.2) is 52.8 Å². The molecular formula is C4H7N4NaOS2. The molecule has 0 unspecified atom stereocenters. The second-order valence-electron chi connectivity index (χ2n) is 1.59. The van der Waals surface area contributed by atoms with Crippen LogP contribution < -0.4 is 10.6 Å². The Morgan fingerprint density at radius 1 is 1.58 bits per heavy atom. The first-order valence-electron chi connectivity index (χ1n) is 2.73. The van der Waals surface area contributed by atoms with E-state index < -0.39 is 0 Å². The van der Waals surface area contributed by atoms with Gasteiger partial charge >= 0.3 is 35.6 Å². The van der Waals surface area contributed by atoms with E-state index in [0.29, 0.717) is 9.47 Å². The molecule has 0 aliphatic heterocycles. The Morgan fingerprint density at radius 2 is 2.25 bits per heavy atom. The van der Waals surface area contributed by atoms with Gasteiger partial charge in [-0.15, -0.1) is 22.8 Å². The van der Waals surface area contributed by atoms with Crippen LogP contribution in [0.5, 0.6) is 0 Å². The number of nitrogens with zero attached hydrogens (tertiary/aromatic N) is 2. The van der Waals surface area contributed by atoms with Crippen LogP contribution in [0.4, 0.5) is 9.93 Å². The van der Waals surface area contributed by atoms with Gasteiger partial charge in [0.2, 0.25) is 5.13 Å². The molecule has 2 N–H and O–H groups in total. The number of urea groups is 1. The molecule has 1 rings (SSSR count). The first-order chi connectivity index (χ1) is 5.22. The predicted molar refractivity (Wildman–Crippen MR) is 52.4 cm³/mol. The van der Waals surface area contributed by atoms with Crippen molar-refractivity contribution in [2.24, 2.45) is 0 Å². The van der Waals surface area contributed by atoms with E-state index in [9.17, 15) is 4.79 Å². The molecule has 0 bridgehead atoms. The molecule has 0 aliphatic carbocycles. The van der Waals surface area contributed by atoms with Crippen molar-refractivity contribution in [3.05, 3.63) is 0 Å². The second kappa shape index (κ2) is 5.76. The molecule has 1 aromatic rings. The number of thiol groups is 1. The third-order valence-electron chi connectivity index (χ3n) is 0.862. The zero-order valence-corrected chi connectivity index (χ0v) is 7.37. The standard InChI is InChI=1S/C4H6N4OS2.Na.H/c1-5-2(9)6-3-7-8-4(10)11-3;;/h1H3,(H,8,10)(H2,5,6,7,9);;. The van der Waals surface area contributed by atoms with Crippen molar-refractivity contribution in [1.29, 1.82) is 0 Å². The Morgan fingerprint density at radius 3 is 2.67 bits per heavy atom. The number of nitrogens with one attached hydrogen (secondary N) is 2. The number of hydrogen-bond donors (Lipinski definition) is 3. The fourth-order valence-corrected chi connectivity index (χ4v) is 1.21. The average Bonchev–Trinajstić information content (AvgIpc) is 2.35. The number of carbonyl (C=O) groups is 1. The summed E-state index contributed by atoms with van der Waals surface area (Å²) in [6.07, 6.45) is 0. The molecule has 0 aliphatic rings. The number of rotatable bonds is 1. The van der Waals surface area contributed by atoms with E-state index in [4.69, 9.17) is 0 Å². The molecular weight excluding hydrogens is 207 g/mol. The normalized spacial score (nSPS) is 8.50. The minimum absolute atomic E-state index is 0. The van der Waals surface area contributed by atoms with E-state index in [1.807, 2.05) is 0 Å². The second-order valence-corrected chi connectivity index (χ2v) is 3.30. The topological polar surface area (TPSA) is 66.9 Å². The van der Waals surface area contributed by atoms with Crippen LogP contribution in [0.2, 0.25) is 0 Å². The van der Waals surface area contributed by atoms with Crippen LogP contribution in [0.3, 0.4) is 0 Å². The summed E-state index contributed by atoms with van der Waals surface area (Å²) >= 11 is 5.13. The van der Waals surface area contributed by atoms with E-state index in [1.165, 1.54) is 18.4 Å². The van der Waals surface area contributed by atoms with E-state index in [0.717, 1.165) is 0 Å². The summed E-state index contributed by atoms with van der Waals surface area (Å²) < 4.78 is 0.524. The molecule has 0 saturated heterocycles. The Labute approximate surface area is 101 Å². The van der Waals surface area contributed by atoms with Gasteiger partial charge in [-0.25, -0.2) is 4.79 Å². The zero-order chi connectivity index (χ0) is 8.27. The summed E-state index contributed by atoms with van der Waals surface area (Å²) in [5, 5.41) is 12.5. The number of hydrogen-bond acceptors (Lipinski definition) is 5. The molecule has 5 nitrogen and oxygen atoms in total. The predicted octanol–water partition coefficient (Wildman–Crippen LogP) is -0.0704. The molecule has 0 spiro atoms. The van der Waals surface area contributed by atoms with Gasteiger partial charge in [-0.1, -0.05) is 11.3 Å². The molecule has 0 fully saturated rings. The Bertz CT molecular complexity index is 265.